The Morgan fingerprint density at radius 1 is 0.549 bits per heavy atom. The van der Waals surface area contributed by atoms with Gasteiger partial charge in [0.25, 0.3) is 0 Å². The zero-order chi connectivity index (χ0) is 36.5. The molecule has 0 aromatic heterocycles. The second-order valence-corrected chi connectivity index (χ2v) is 15.1. The molecule has 0 unspecified atom stereocenters. The highest BCUT2D eigenvalue weighted by molar-refractivity contribution is 5.69. The molecule has 0 saturated carbocycles. The van der Waals surface area contributed by atoms with Crippen molar-refractivity contribution in [1.82, 2.24) is 9.80 Å². The number of nitrogens with zero attached hydrogens (tertiary/aromatic N) is 2. The van der Waals surface area contributed by atoms with Gasteiger partial charge in [-0.25, -0.2) is 0 Å². The van der Waals surface area contributed by atoms with Crippen molar-refractivity contribution in [3.05, 3.63) is 23.8 Å². The molecule has 1 aromatic rings. The average Bonchev–Trinajstić information content (AvgIpc) is 3.14. The highest BCUT2D eigenvalue weighted by atomic mass is 16.5. The molecule has 7 nitrogen and oxygen atoms in total. The standard InChI is InChI=1S/C44H80N2O5/c1-3-5-7-9-11-13-15-16-17-19-21-23-25-36-50-43-38-41(37-42(39-43)49-35-24-22-20-18-14-12-10-8-6-4-2)40-51-44(48)27-26-28-45-29-31-46(32-30-45)33-34-47/h37-39,47H,3-36,40H2,1-2H3. The first-order valence-corrected chi connectivity index (χ1v) is 21.7. The fourth-order valence-corrected chi connectivity index (χ4v) is 7.03. The third kappa shape index (κ3) is 25.7. The summed E-state index contributed by atoms with van der Waals surface area (Å²) in [6.07, 6.45) is 31.7. The first-order valence-electron chi connectivity index (χ1n) is 21.7. The van der Waals surface area contributed by atoms with E-state index in [0.29, 0.717) is 19.6 Å². The van der Waals surface area contributed by atoms with Gasteiger partial charge in [0.2, 0.25) is 0 Å². The molecule has 1 aromatic carbocycles. The van der Waals surface area contributed by atoms with Crippen LogP contribution in [0, 0.1) is 0 Å². The normalized spacial score (nSPS) is 13.9. The van der Waals surface area contributed by atoms with Crippen LogP contribution < -0.4 is 9.47 Å². The molecule has 1 aliphatic rings. The number of carbonyl (C=O) groups is 1. The van der Waals surface area contributed by atoms with Gasteiger partial charge in [-0.2, -0.15) is 0 Å². The Balaban J connectivity index is 1.69. The monoisotopic (exact) mass is 717 g/mol. The molecule has 1 N–H and O–H groups in total. The molecule has 0 bridgehead atoms. The Morgan fingerprint density at radius 3 is 1.35 bits per heavy atom. The number of aliphatic hydroxyl groups is 1. The Hall–Kier alpha value is -1.83. The van der Waals surface area contributed by atoms with Gasteiger partial charge in [0.15, 0.2) is 0 Å². The van der Waals surface area contributed by atoms with E-state index < -0.39 is 0 Å². The summed E-state index contributed by atoms with van der Waals surface area (Å²) in [6.45, 7) is 12.0. The summed E-state index contributed by atoms with van der Waals surface area (Å²) < 4.78 is 18.1. The number of esters is 1. The van der Waals surface area contributed by atoms with E-state index in [-0.39, 0.29) is 19.2 Å². The molecule has 0 spiro atoms. The second kappa shape index (κ2) is 32.8. The number of hydrogen-bond donors (Lipinski definition) is 1. The molecule has 1 heterocycles. The van der Waals surface area contributed by atoms with Crippen molar-refractivity contribution < 1.29 is 24.1 Å². The first kappa shape index (κ1) is 45.3. The lowest BCUT2D eigenvalue weighted by molar-refractivity contribution is -0.145. The Labute approximate surface area is 314 Å². The predicted molar refractivity (Wildman–Crippen MR) is 214 cm³/mol. The van der Waals surface area contributed by atoms with E-state index >= 15 is 0 Å². The number of ether oxygens (including phenoxy) is 3. The summed E-state index contributed by atoms with van der Waals surface area (Å²) in [5.41, 5.74) is 0.921. The summed E-state index contributed by atoms with van der Waals surface area (Å²) in [4.78, 5) is 17.3. The van der Waals surface area contributed by atoms with Crippen molar-refractivity contribution >= 4 is 5.97 Å². The van der Waals surface area contributed by atoms with E-state index in [0.717, 1.165) is 75.6 Å². The Bertz CT molecular complexity index is 936. The van der Waals surface area contributed by atoms with Crippen molar-refractivity contribution in [1.29, 1.82) is 0 Å². The summed E-state index contributed by atoms with van der Waals surface area (Å²) >= 11 is 0. The van der Waals surface area contributed by atoms with E-state index in [1.165, 1.54) is 135 Å². The van der Waals surface area contributed by atoms with Crippen molar-refractivity contribution in [2.75, 3.05) is 59.1 Å². The van der Waals surface area contributed by atoms with Gasteiger partial charge in [-0.05, 0) is 43.5 Å². The van der Waals surface area contributed by atoms with E-state index in [9.17, 15) is 4.79 Å². The van der Waals surface area contributed by atoms with Crippen LogP contribution in [-0.2, 0) is 16.1 Å². The number of unbranched alkanes of at least 4 members (excludes halogenated alkanes) is 21. The van der Waals surface area contributed by atoms with Crippen LogP contribution in [0.15, 0.2) is 18.2 Å². The van der Waals surface area contributed by atoms with E-state index in [2.05, 4.69) is 23.6 Å². The fraction of sp³-hybridized carbons (Fsp3) is 0.841. The van der Waals surface area contributed by atoms with Crippen LogP contribution in [0.5, 0.6) is 11.5 Å². The molecule has 1 aliphatic heterocycles. The van der Waals surface area contributed by atoms with Crippen LogP contribution in [-0.4, -0.2) is 80.0 Å². The number of β-amino-alcohol motifs (C(OH)–C–C–N with tert-alkyl or cyclic N) is 1. The molecule has 0 aliphatic carbocycles. The number of piperazine rings is 1. The van der Waals surface area contributed by atoms with Crippen molar-refractivity contribution in [3.63, 3.8) is 0 Å². The minimum atomic E-state index is -0.153. The van der Waals surface area contributed by atoms with Gasteiger partial charge in [0.1, 0.15) is 18.1 Å². The molecule has 2 rings (SSSR count). The quantitative estimate of drug-likeness (QED) is 0.0554. The smallest absolute Gasteiger partial charge is 0.306 e. The van der Waals surface area contributed by atoms with Gasteiger partial charge in [-0.15, -0.1) is 0 Å². The molecule has 0 atom stereocenters. The Morgan fingerprint density at radius 2 is 0.941 bits per heavy atom. The van der Waals surface area contributed by atoms with E-state index in [1.807, 2.05) is 18.2 Å². The molecule has 0 radical (unpaired) electrons. The zero-order valence-electron chi connectivity index (χ0n) is 33.5. The molecule has 1 saturated heterocycles. The summed E-state index contributed by atoms with van der Waals surface area (Å²) in [7, 11) is 0. The predicted octanol–water partition coefficient (Wildman–Crippen LogP) is 10.9. The highest BCUT2D eigenvalue weighted by Crippen LogP contribution is 2.25. The van der Waals surface area contributed by atoms with E-state index in [4.69, 9.17) is 19.3 Å². The zero-order valence-corrected chi connectivity index (χ0v) is 33.5. The van der Waals surface area contributed by atoms with Crippen LogP contribution in [0.2, 0.25) is 0 Å². The fourth-order valence-electron chi connectivity index (χ4n) is 7.03. The lowest BCUT2D eigenvalue weighted by Gasteiger charge is -2.34. The van der Waals surface area contributed by atoms with Crippen LogP contribution in [0.1, 0.15) is 180 Å². The molecule has 51 heavy (non-hydrogen) atoms. The summed E-state index contributed by atoms with van der Waals surface area (Å²) in [6, 6.07) is 6.02. The number of carbonyl (C=O) groups excluding carboxylic acids is 1. The number of hydrogen-bond acceptors (Lipinski definition) is 7. The van der Waals surface area contributed by atoms with Gasteiger partial charge >= 0.3 is 5.97 Å². The Kier molecular flexibility index (Phi) is 29.1. The van der Waals surface area contributed by atoms with Crippen LogP contribution in [0.3, 0.4) is 0 Å². The highest BCUT2D eigenvalue weighted by Gasteiger charge is 2.16. The topological polar surface area (TPSA) is 71.5 Å². The van der Waals surface area contributed by atoms with Crippen molar-refractivity contribution in [3.8, 4) is 11.5 Å². The lowest BCUT2D eigenvalue weighted by Crippen LogP contribution is -2.47. The second-order valence-electron chi connectivity index (χ2n) is 15.1. The van der Waals surface area contributed by atoms with Crippen molar-refractivity contribution in [2.45, 2.75) is 181 Å². The molecule has 0 amide bonds. The van der Waals surface area contributed by atoms with Gasteiger partial charge in [0.05, 0.1) is 19.8 Å². The molecule has 1 fully saturated rings. The lowest BCUT2D eigenvalue weighted by atomic mass is 10.0. The molecular formula is C44H80N2O5. The first-order chi connectivity index (χ1) is 25.1. The van der Waals surface area contributed by atoms with Gasteiger partial charge in [0, 0.05) is 45.2 Å². The van der Waals surface area contributed by atoms with Gasteiger partial charge < -0.3 is 24.2 Å². The van der Waals surface area contributed by atoms with Crippen molar-refractivity contribution in [2.24, 2.45) is 0 Å². The van der Waals surface area contributed by atoms with Crippen LogP contribution in [0.4, 0.5) is 0 Å². The van der Waals surface area contributed by atoms with Gasteiger partial charge in [-0.1, -0.05) is 149 Å². The number of rotatable bonds is 35. The minimum absolute atomic E-state index is 0.153. The van der Waals surface area contributed by atoms with Gasteiger partial charge in [-0.3, -0.25) is 9.69 Å². The van der Waals surface area contributed by atoms with E-state index in [1.54, 1.807) is 0 Å². The SMILES string of the molecule is CCCCCCCCCCCCCCCOc1cc(COC(=O)CCCN2CCN(CCO)CC2)cc(OCCCCCCCCCCCC)c1. The third-order valence-electron chi connectivity index (χ3n) is 10.4. The minimum Gasteiger partial charge on any atom is -0.493 e. The third-order valence-corrected chi connectivity index (χ3v) is 10.4. The maximum atomic E-state index is 12.6. The maximum Gasteiger partial charge on any atom is 0.306 e. The maximum absolute atomic E-state index is 12.6. The molecule has 296 valence electrons. The molecule has 7 heteroatoms. The number of aliphatic hydroxyl groups excluding tert-OH is 1. The van der Waals surface area contributed by atoms with Crippen LogP contribution >= 0.6 is 0 Å². The summed E-state index contributed by atoms with van der Waals surface area (Å²) in [5, 5.41) is 9.16. The molecular weight excluding hydrogens is 636 g/mol. The largest absolute Gasteiger partial charge is 0.493 e. The summed E-state index contributed by atoms with van der Waals surface area (Å²) in [5.74, 6) is 1.46. The van der Waals surface area contributed by atoms with Crippen LogP contribution in [0.25, 0.3) is 0 Å². The average molecular weight is 717 g/mol. The number of benzene rings is 1.